The number of rotatable bonds is 8. The Bertz CT molecular complexity index is 221. The third-order valence-corrected chi connectivity index (χ3v) is 2.50. The average Bonchev–Trinajstić information content (AvgIpc) is 2.23. The maximum Gasteiger partial charge on any atom is 0.313 e. The first-order valence-electron chi connectivity index (χ1n) is 6.13. The quantitative estimate of drug-likeness (QED) is 0.474. The molecule has 0 aromatic heterocycles. The van der Waals surface area contributed by atoms with Crippen molar-refractivity contribution in [1.82, 2.24) is 0 Å². The van der Waals surface area contributed by atoms with Crippen molar-refractivity contribution in [2.75, 3.05) is 6.61 Å². The molecule has 0 aromatic rings. The lowest BCUT2D eigenvalue weighted by atomic mass is 10.0. The summed E-state index contributed by atoms with van der Waals surface area (Å²) in [6.45, 7) is 8.61. The molecule has 0 bridgehead atoms. The zero-order valence-corrected chi connectivity index (χ0v) is 10.9. The van der Waals surface area contributed by atoms with E-state index >= 15 is 0 Å². The molecule has 94 valence electrons. The second-order valence-corrected chi connectivity index (χ2v) is 4.83. The topological polar surface area (TPSA) is 43.4 Å². The van der Waals surface area contributed by atoms with Crippen LogP contribution in [0.2, 0.25) is 0 Å². The second-order valence-electron chi connectivity index (χ2n) is 4.83. The highest BCUT2D eigenvalue weighted by Crippen LogP contribution is 2.12. The summed E-state index contributed by atoms with van der Waals surface area (Å²) < 4.78 is 5.05. The van der Waals surface area contributed by atoms with Gasteiger partial charge in [-0.05, 0) is 18.3 Å². The third-order valence-electron chi connectivity index (χ3n) is 2.50. The van der Waals surface area contributed by atoms with Gasteiger partial charge in [0.05, 0.1) is 6.61 Å². The molecule has 0 heterocycles. The van der Waals surface area contributed by atoms with Gasteiger partial charge in [0.15, 0.2) is 0 Å². The van der Waals surface area contributed by atoms with Gasteiger partial charge in [-0.2, -0.15) is 0 Å². The molecule has 1 atom stereocenters. The van der Waals surface area contributed by atoms with Crippen molar-refractivity contribution in [1.29, 1.82) is 0 Å². The number of ether oxygens (including phenoxy) is 1. The Kier molecular flexibility index (Phi) is 7.86. The van der Waals surface area contributed by atoms with Gasteiger partial charge in [0, 0.05) is 6.42 Å². The highest BCUT2D eigenvalue weighted by atomic mass is 16.5. The van der Waals surface area contributed by atoms with E-state index in [-0.39, 0.29) is 18.2 Å². The molecule has 0 spiro atoms. The standard InChI is InChI=1S/C13H24O3/c1-5-12(14)8-13(15)16-9-11(4)7-6-10(2)3/h10-11H,5-9H2,1-4H3. The Morgan fingerprint density at radius 1 is 1.12 bits per heavy atom. The molecule has 0 saturated heterocycles. The van der Waals surface area contributed by atoms with E-state index in [1.807, 2.05) is 0 Å². The molecule has 0 fully saturated rings. The first-order valence-corrected chi connectivity index (χ1v) is 6.13. The van der Waals surface area contributed by atoms with Crippen molar-refractivity contribution in [3.05, 3.63) is 0 Å². The fraction of sp³-hybridized carbons (Fsp3) is 0.846. The Balaban J connectivity index is 3.62. The van der Waals surface area contributed by atoms with Crippen molar-refractivity contribution in [2.45, 2.75) is 53.4 Å². The summed E-state index contributed by atoms with van der Waals surface area (Å²) in [6.07, 6.45) is 2.53. The maximum absolute atomic E-state index is 11.2. The monoisotopic (exact) mass is 228 g/mol. The second kappa shape index (κ2) is 8.31. The van der Waals surface area contributed by atoms with Gasteiger partial charge in [-0.25, -0.2) is 0 Å². The predicted octanol–water partition coefficient (Wildman–Crippen LogP) is 2.97. The van der Waals surface area contributed by atoms with Crippen LogP contribution >= 0.6 is 0 Å². The summed E-state index contributed by atoms with van der Waals surface area (Å²) in [7, 11) is 0. The van der Waals surface area contributed by atoms with Gasteiger partial charge in [0.1, 0.15) is 12.2 Å². The van der Waals surface area contributed by atoms with Crippen molar-refractivity contribution in [2.24, 2.45) is 11.8 Å². The molecule has 1 unspecified atom stereocenters. The van der Waals surface area contributed by atoms with E-state index in [2.05, 4.69) is 20.8 Å². The molecular weight excluding hydrogens is 204 g/mol. The summed E-state index contributed by atoms with van der Waals surface area (Å²) in [5.74, 6) is 0.617. The van der Waals surface area contributed by atoms with Crippen molar-refractivity contribution in [3.8, 4) is 0 Å². The van der Waals surface area contributed by atoms with Crippen LogP contribution < -0.4 is 0 Å². The largest absolute Gasteiger partial charge is 0.465 e. The molecule has 0 saturated carbocycles. The molecule has 0 N–H and O–H groups in total. The molecule has 0 rings (SSSR count). The Morgan fingerprint density at radius 2 is 1.75 bits per heavy atom. The summed E-state index contributed by atoms with van der Waals surface area (Å²) >= 11 is 0. The minimum absolute atomic E-state index is 0.0557. The van der Waals surface area contributed by atoms with Crippen LogP contribution in [0.5, 0.6) is 0 Å². The van der Waals surface area contributed by atoms with E-state index in [1.54, 1.807) is 6.92 Å². The molecular formula is C13H24O3. The molecule has 0 radical (unpaired) electrons. The van der Waals surface area contributed by atoms with Crippen LogP contribution in [-0.4, -0.2) is 18.4 Å². The van der Waals surface area contributed by atoms with E-state index in [0.717, 1.165) is 12.8 Å². The first-order chi connectivity index (χ1) is 7.45. The van der Waals surface area contributed by atoms with Gasteiger partial charge < -0.3 is 4.74 Å². The number of hydrogen-bond acceptors (Lipinski definition) is 3. The van der Waals surface area contributed by atoms with Crippen LogP contribution in [0.15, 0.2) is 0 Å². The van der Waals surface area contributed by atoms with Crippen LogP contribution in [-0.2, 0) is 14.3 Å². The Labute approximate surface area is 98.6 Å². The normalized spacial score (nSPS) is 12.6. The Morgan fingerprint density at radius 3 is 2.25 bits per heavy atom. The predicted molar refractivity (Wildman–Crippen MR) is 64.1 cm³/mol. The molecule has 0 aliphatic heterocycles. The lowest BCUT2D eigenvalue weighted by Crippen LogP contribution is -2.15. The van der Waals surface area contributed by atoms with Gasteiger partial charge >= 0.3 is 5.97 Å². The van der Waals surface area contributed by atoms with E-state index in [9.17, 15) is 9.59 Å². The van der Waals surface area contributed by atoms with Crippen LogP contribution in [0, 0.1) is 11.8 Å². The van der Waals surface area contributed by atoms with E-state index in [1.165, 1.54) is 0 Å². The molecule has 0 aliphatic carbocycles. The molecule has 16 heavy (non-hydrogen) atoms. The minimum atomic E-state index is -0.386. The number of carbonyl (C=O) groups is 2. The molecule has 0 aliphatic rings. The van der Waals surface area contributed by atoms with Crippen LogP contribution in [0.1, 0.15) is 53.4 Å². The smallest absolute Gasteiger partial charge is 0.313 e. The number of hydrogen-bond donors (Lipinski definition) is 0. The lowest BCUT2D eigenvalue weighted by Gasteiger charge is -2.13. The van der Waals surface area contributed by atoms with Crippen molar-refractivity contribution < 1.29 is 14.3 Å². The van der Waals surface area contributed by atoms with Gasteiger partial charge in [-0.1, -0.05) is 34.1 Å². The summed E-state index contributed by atoms with van der Waals surface area (Å²) in [5.41, 5.74) is 0. The number of carbonyl (C=O) groups excluding carboxylic acids is 2. The SMILES string of the molecule is CCC(=O)CC(=O)OCC(C)CCC(C)C. The van der Waals surface area contributed by atoms with E-state index in [0.29, 0.717) is 24.9 Å². The molecule has 0 aromatic carbocycles. The molecule has 3 nitrogen and oxygen atoms in total. The molecule has 3 heteroatoms. The summed E-state index contributed by atoms with van der Waals surface area (Å²) in [6, 6.07) is 0. The molecule has 0 amide bonds. The average molecular weight is 228 g/mol. The maximum atomic E-state index is 11.2. The fourth-order valence-electron chi connectivity index (χ4n) is 1.27. The first kappa shape index (κ1) is 15.1. The van der Waals surface area contributed by atoms with Gasteiger partial charge in [0.2, 0.25) is 0 Å². The summed E-state index contributed by atoms with van der Waals surface area (Å²) in [4.78, 5) is 22.2. The Hall–Kier alpha value is -0.860. The lowest BCUT2D eigenvalue weighted by molar-refractivity contribution is -0.147. The van der Waals surface area contributed by atoms with Gasteiger partial charge in [0.25, 0.3) is 0 Å². The number of Topliss-reactive ketones (excluding diaryl/α,β-unsaturated/α-hetero) is 1. The van der Waals surface area contributed by atoms with Crippen LogP contribution in [0.4, 0.5) is 0 Å². The van der Waals surface area contributed by atoms with Crippen molar-refractivity contribution >= 4 is 11.8 Å². The van der Waals surface area contributed by atoms with Gasteiger partial charge in [-0.15, -0.1) is 0 Å². The summed E-state index contributed by atoms with van der Waals surface area (Å²) in [5, 5.41) is 0. The van der Waals surface area contributed by atoms with Crippen molar-refractivity contribution in [3.63, 3.8) is 0 Å². The van der Waals surface area contributed by atoms with Gasteiger partial charge in [-0.3, -0.25) is 9.59 Å². The fourth-order valence-corrected chi connectivity index (χ4v) is 1.27. The van der Waals surface area contributed by atoms with Crippen LogP contribution in [0.3, 0.4) is 0 Å². The third kappa shape index (κ3) is 8.45. The van der Waals surface area contributed by atoms with E-state index in [4.69, 9.17) is 4.74 Å². The van der Waals surface area contributed by atoms with Crippen LogP contribution in [0.25, 0.3) is 0 Å². The highest BCUT2D eigenvalue weighted by molar-refractivity contribution is 5.95. The van der Waals surface area contributed by atoms with E-state index < -0.39 is 0 Å². The zero-order valence-electron chi connectivity index (χ0n) is 10.9. The number of esters is 1. The zero-order chi connectivity index (χ0) is 12.6. The minimum Gasteiger partial charge on any atom is -0.465 e. The highest BCUT2D eigenvalue weighted by Gasteiger charge is 2.11. The number of ketones is 1.